The number of aliphatic hydroxyl groups excluding tert-OH is 1. The van der Waals surface area contributed by atoms with Crippen LogP contribution < -0.4 is 0 Å². The quantitative estimate of drug-likeness (QED) is 0.290. The summed E-state index contributed by atoms with van der Waals surface area (Å²) in [5.41, 5.74) is 0. The third-order valence-corrected chi connectivity index (χ3v) is 3.54. The van der Waals surface area contributed by atoms with Gasteiger partial charge in [0.2, 0.25) is 0 Å². The summed E-state index contributed by atoms with van der Waals surface area (Å²) in [4.78, 5) is 19.3. The fraction of sp³-hybridized carbons (Fsp3) is 0.750. The minimum atomic E-state index is -0.830. The van der Waals surface area contributed by atoms with E-state index in [0.717, 1.165) is 0 Å². The summed E-state index contributed by atoms with van der Waals surface area (Å²) in [6.45, 7) is 13.4. The Morgan fingerprint density at radius 3 is 2.33 bits per heavy atom. The molecule has 5 nitrogen and oxygen atoms in total. The maximum absolute atomic E-state index is 12.4. The molecule has 5 heteroatoms. The third kappa shape index (κ3) is 6.40. The minimum absolute atomic E-state index is 0.0333. The van der Waals surface area contributed by atoms with Crippen LogP contribution in [0.5, 0.6) is 0 Å². The lowest BCUT2D eigenvalue weighted by atomic mass is 9.89. The number of carbonyl (C=O) groups excluding carboxylic acids is 1. The van der Waals surface area contributed by atoms with E-state index in [1.54, 1.807) is 6.08 Å². The van der Waals surface area contributed by atoms with Gasteiger partial charge < -0.3 is 9.94 Å². The molecule has 0 aliphatic heterocycles. The number of hydrogen-bond acceptors (Lipinski definition) is 5. The second kappa shape index (κ2) is 9.68. The van der Waals surface area contributed by atoms with Gasteiger partial charge in [0.25, 0.3) is 0 Å². The third-order valence-electron chi connectivity index (χ3n) is 3.54. The first-order valence-electron chi connectivity index (χ1n) is 7.44. The number of rotatable bonds is 10. The summed E-state index contributed by atoms with van der Waals surface area (Å²) in [6.07, 6.45) is 2.29. The van der Waals surface area contributed by atoms with Crippen molar-refractivity contribution >= 4 is 12.0 Å². The number of oxime groups is 1. The molecule has 0 unspecified atom stereocenters. The van der Waals surface area contributed by atoms with Crippen molar-refractivity contribution in [3.63, 3.8) is 0 Å². The summed E-state index contributed by atoms with van der Waals surface area (Å²) in [5, 5.41) is 14.3. The molecule has 0 radical (unpaired) electrons. The molecule has 0 spiro atoms. The van der Waals surface area contributed by atoms with Crippen LogP contribution in [-0.2, 0) is 9.63 Å². The highest BCUT2D eigenvalue weighted by Crippen LogP contribution is 2.18. The highest BCUT2D eigenvalue weighted by atomic mass is 16.6. The van der Waals surface area contributed by atoms with Crippen LogP contribution in [0.1, 0.15) is 34.6 Å². The second-order valence-corrected chi connectivity index (χ2v) is 5.95. The lowest BCUT2D eigenvalue weighted by Crippen LogP contribution is -2.53. The molecule has 0 saturated heterocycles. The molecule has 3 atom stereocenters. The molecule has 122 valence electrons. The summed E-state index contributed by atoms with van der Waals surface area (Å²) < 4.78 is 0. The van der Waals surface area contributed by atoms with Gasteiger partial charge in [-0.05, 0) is 20.9 Å². The summed E-state index contributed by atoms with van der Waals surface area (Å²) in [6, 6.07) is -0.389. The van der Waals surface area contributed by atoms with Crippen molar-refractivity contribution in [1.29, 1.82) is 0 Å². The first kappa shape index (κ1) is 19.8. The first-order valence-corrected chi connectivity index (χ1v) is 7.44. The molecule has 0 bridgehead atoms. The molecule has 0 saturated carbocycles. The Labute approximate surface area is 128 Å². The van der Waals surface area contributed by atoms with Crippen LogP contribution in [0.25, 0.3) is 0 Å². The Kier molecular flexibility index (Phi) is 9.13. The van der Waals surface area contributed by atoms with E-state index in [1.165, 1.54) is 6.21 Å². The van der Waals surface area contributed by atoms with Gasteiger partial charge in [-0.25, -0.2) is 0 Å². The van der Waals surface area contributed by atoms with Crippen molar-refractivity contribution in [3.05, 3.63) is 12.7 Å². The fourth-order valence-corrected chi connectivity index (χ4v) is 1.88. The van der Waals surface area contributed by atoms with Gasteiger partial charge in [-0.1, -0.05) is 38.6 Å². The number of hydrogen-bond donors (Lipinski definition) is 1. The van der Waals surface area contributed by atoms with Crippen LogP contribution in [0.15, 0.2) is 17.8 Å². The molecular weight excluding hydrogens is 268 g/mol. The van der Waals surface area contributed by atoms with Gasteiger partial charge in [-0.2, -0.15) is 0 Å². The molecule has 0 heterocycles. The zero-order valence-corrected chi connectivity index (χ0v) is 14.1. The lowest BCUT2D eigenvalue weighted by Gasteiger charge is -2.36. The highest BCUT2D eigenvalue weighted by molar-refractivity contribution is 5.86. The Morgan fingerprint density at radius 1 is 1.33 bits per heavy atom. The Hall–Kier alpha value is -1.20. The SMILES string of the molecule is C=CCON=C[C@@H](C)[C@@H](O)[C@@H](C(=O)C(C)C)N(C)C(C)C. The monoisotopic (exact) mass is 298 g/mol. The summed E-state index contributed by atoms with van der Waals surface area (Å²) >= 11 is 0. The van der Waals surface area contributed by atoms with Gasteiger partial charge in [0.1, 0.15) is 6.61 Å². The van der Waals surface area contributed by atoms with E-state index in [1.807, 2.05) is 46.6 Å². The number of nitrogens with zero attached hydrogens (tertiary/aromatic N) is 2. The number of likely N-dealkylation sites (N-methyl/N-ethyl adjacent to an activating group) is 1. The standard InChI is InChI=1S/C16H30N2O3/c1-8-9-21-17-10-13(6)16(20)14(15(19)11(2)3)18(7)12(4)5/h8,10-14,16,20H,1,9H2,2-7H3/t13-,14-,16-/m1/s1. The van der Waals surface area contributed by atoms with E-state index in [-0.39, 0.29) is 23.7 Å². The smallest absolute Gasteiger partial charge is 0.155 e. The van der Waals surface area contributed by atoms with Crippen molar-refractivity contribution < 1.29 is 14.7 Å². The van der Waals surface area contributed by atoms with E-state index in [9.17, 15) is 9.90 Å². The van der Waals surface area contributed by atoms with E-state index in [4.69, 9.17) is 4.84 Å². The van der Waals surface area contributed by atoms with Crippen molar-refractivity contribution in [2.24, 2.45) is 17.0 Å². The zero-order valence-electron chi connectivity index (χ0n) is 14.1. The maximum Gasteiger partial charge on any atom is 0.155 e. The van der Waals surface area contributed by atoms with Crippen LogP contribution in [0.2, 0.25) is 0 Å². The Balaban J connectivity index is 5.01. The second-order valence-electron chi connectivity index (χ2n) is 5.95. The summed E-state index contributed by atoms with van der Waals surface area (Å²) in [7, 11) is 1.86. The van der Waals surface area contributed by atoms with E-state index in [2.05, 4.69) is 11.7 Å². The number of aliphatic hydroxyl groups is 1. The van der Waals surface area contributed by atoms with Gasteiger partial charge in [0, 0.05) is 24.1 Å². The minimum Gasteiger partial charge on any atom is -0.392 e. The molecule has 0 aromatic carbocycles. The molecular formula is C16H30N2O3. The molecule has 0 rings (SSSR count). The van der Waals surface area contributed by atoms with Gasteiger partial charge in [0.15, 0.2) is 5.78 Å². The largest absolute Gasteiger partial charge is 0.392 e. The molecule has 0 aromatic rings. The Bertz CT molecular complexity index is 353. The van der Waals surface area contributed by atoms with Gasteiger partial charge in [0.05, 0.1) is 12.1 Å². The van der Waals surface area contributed by atoms with Crippen LogP contribution >= 0.6 is 0 Å². The topological polar surface area (TPSA) is 62.1 Å². The normalized spacial score (nSPS) is 16.5. The highest BCUT2D eigenvalue weighted by Gasteiger charge is 2.35. The van der Waals surface area contributed by atoms with E-state index >= 15 is 0 Å². The molecule has 0 amide bonds. The van der Waals surface area contributed by atoms with E-state index in [0.29, 0.717) is 6.61 Å². The van der Waals surface area contributed by atoms with Crippen LogP contribution in [0, 0.1) is 11.8 Å². The van der Waals surface area contributed by atoms with Crippen LogP contribution in [0.4, 0.5) is 0 Å². The number of ketones is 1. The van der Waals surface area contributed by atoms with Crippen molar-refractivity contribution in [2.75, 3.05) is 13.7 Å². The predicted octanol–water partition coefficient (Wildman–Crippen LogP) is 2.11. The molecule has 0 aliphatic rings. The molecule has 0 aliphatic carbocycles. The van der Waals surface area contributed by atoms with Gasteiger partial charge in [-0.3, -0.25) is 9.69 Å². The van der Waals surface area contributed by atoms with E-state index < -0.39 is 12.1 Å². The summed E-state index contributed by atoms with van der Waals surface area (Å²) in [5.74, 6) is -0.387. The fourth-order valence-electron chi connectivity index (χ4n) is 1.88. The average molecular weight is 298 g/mol. The van der Waals surface area contributed by atoms with Crippen molar-refractivity contribution in [2.45, 2.75) is 52.8 Å². The maximum atomic E-state index is 12.4. The molecule has 1 N–H and O–H groups in total. The molecule has 0 fully saturated rings. The first-order chi connectivity index (χ1) is 9.73. The Morgan fingerprint density at radius 2 is 1.90 bits per heavy atom. The average Bonchev–Trinajstić information content (AvgIpc) is 2.42. The van der Waals surface area contributed by atoms with Crippen molar-refractivity contribution in [1.82, 2.24) is 4.90 Å². The van der Waals surface area contributed by atoms with Crippen LogP contribution in [-0.4, -0.2) is 53.8 Å². The van der Waals surface area contributed by atoms with Gasteiger partial charge >= 0.3 is 0 Å². The van der Waals surface area contributed by atoms with Crippen molar-refractivity contribution in [3.8, 4) is 0 Å². The van der Waals surface area contributed by atoms with Crippen LogP contribution in [0.3, 0.4) is 0 Å². The van der Waals surface area contributed by atoms with Gasteiger partial charge in [-0.15, -0.1) is 0 Å². The number of Topliss-reactive ketones (excluding diaryl/α,β-unsaturated/α-hetero) is 1. The molecule has 0 aromatic heterocycles. The number of carbonyl (C=O) groups is 1. The molecule has 21 heavy (non-hydrogen) atoms. The zero-order chi connectivity index (χ0) is 16.6. The lowest BCUT2D eigenvalue weighted by molar-refractivity contribution is -0.132. The predicted molar refractivity (Wildman–Crippen MR) is 86.3 cm³/mol.